The Morgan fingerprint density at radius 1 is 1.16 bits per heavy atom. The average Bonchev–Trinajstić information content (AvgIpc) is 2.88. The third-order valence-corrected chi connectivity index (χ3v) is 5.32. The molecule has 140 valence electrons. The third-order valence-electron chi connectivity index (χ3n) is 5.32. The Balaban J connectivity index is 1.80. The summed E-state index contributed by atoms with van der Waals surface area (Å²) in [6.07, 6.45) is 9.98. The average molecular weight is 349 g/mol. The van der Waals surface area contributed by atoms with Crippen LogP contribution in [-0.2, 0) is 9.53 Å². The summed E-state index contributed by atoms with van der Waals surface area (Å²) in [6.45, 7) is 6.08. The summed E-state index contributed by atoms with van der Waals surface area (Å²) in [6, 6.07) is 0.499. The fourth-order valence-electron chi connectivity index (χ4n) is 3.88. The van der Waals surface area contributed by atoms with E-state index in [1.54, 1.807) is 11.9 Å². The molecule has 1 unspecified atom stereocenters. The zero-order chi connectivity index (χ0) is 18.2. The van der Waals surface area contributed by atoms with E-state index in [1.807, 2.05) is 11.8 Å². The highest BCUT2D eigenvalue weighted by Gasteiger charge is 2.31. The summed E-state index contributed by atoms with van der Waals surface area (Å²) in [5.74, 6) is 2.80. The molecule has 25 heavy (non-hydrogen) atoms. The molecule has 6 heteroatoms. The topological polar surface area (TPSA) is 53.1 Å². The molecule has 2 aliphatic rings. The molecule has 0 spiro atoms. The molecule has 2 heterocycles. The van der Waals surface area contributed by atoms with Crippen LogP contribution < -0.4 is 0 Å². The van der Waals surface area contributed by atoms with Gasteiger partial charge in [-0.3, -0.25) is 4.79 Å². The summed E-state index contributed by atoms with van der Waals surface area (Å²) >= 11 is 0. The molecule has 2 rings (SSSR count). The molecule has 0 radical (unpaired) electrons. The number of hydrogen-bond acceptors (Lipinski definition) is 4. The first-order chi connectivity index (χ1) is 12.1. The zero-order valence-corrected chi connectivity index (χ0v) is 15.6. The highest BCUT2D eigenvalue weighted by Crippen LogP contribution is 2.25. The Morgan fingerprint density at radius 3 is 2.52 bits per heavy atom. The van der Waals surface area contributed by atoms with Crippen molar-refractivity contribution in [3.8, 4) is 12.3 Å². The molecule has 0 N–H and O–H groups in total. The van der Waals surface area contributed by atoms with Crippen LogP contribution in [0.4, 0.5) is 4.79 Å². The fourth-order valence-corrected chi connectivity index (χ4v) is 3.88. The first-order valence-electron chi connectivity index (χ1n) is 9.41. The molecule has 2 saturated heterocycles. The van der Waals surface area contributed by atoms with Crippen molar-refractivity contribution in [2.45, 2.75) is 45.1 Å². The molecular formula is C19H31N3O3. The number of rotatable bonds is 4. The van der Waals surface area contributed by atoms with Crippen LogP contribution in [0.25, 0.3) is 0 Å². The number of carbonyl (C=O) groups is 2. The first-order valence-corrected chi connectivity index (χ1v) is 9.41. The summed E-state index contributed by atoms with van der Waals surface area (Å²) in [5, 5.41) is 0. The Hall–Kier alpha value is -1.74. The van der Waals surface area contributed by atoms with Crippen LogP contribution in [0.5, 0.6) is 0 Å². The van der Waals surface area contributed by atoms with Crippen LogP contribution >= 0.6 is 0 Å². The predicted molar refractivity (Wildman–Crippen MR) is 97.0 cm³/mol. The number of amides is 2. The monoisotopic (exact) mass is 349 g/mol. The molecule has 0 aromatic carbocycles. The van der Waals surface area contributed by atoms with Gasteiger partial charge in [-0.15, -0.1) is 6.42 Å². The van der Waals surface area contributed by atoms with Gasteiger partial charge in [0.1, 0.15) is 0 Å². The molecule has 2 aliphatic heterocycles. The number of likely N-dealkylation sites (tertiary alicyclic amines) is 2. The van der Waals surface area contributed by atoms with Crippen LogP contribution in [0.3, 0.4) is 0 Å². The van der Waals surface area contributed by atoms with Crippen molar-refractivity contribution < 1.29 is 14.3 Å². The van der Waals surface area contributed by atoms with Gasteiger partial charge in [0.25, 0.3) is 0 Å². The maximum Gasteiger partial charge on any atom is 0.409 e. The van der Waals surface area contributed by atoms with E-state index in [1.165, 1.54) is 0 Å². The van der Waals surface area contributed by atoms with E-state index in [9.17, 15) is 9.59 Å². The number of nitrogens with zero attached hydrogens (tertiary/aromatic N) is 3. The second kappa shape index (κ2) is 9.67. The first kappa shape index (κ1) is 19.6. The minimum Gasteiger partial charge on any atom is -0.450 e. The van der Waals surface area contributed by atoms with Crippen molar-refractivity contribution in [3.05, 3.63) is 0 Å². The van der Waals surface area contributed by atoms with E-state index >= 15 is 0 Å². The van der Waals surface area contributed by atoms with Crippen LogP contribution in [0, 0.1) is 18.3 Å². The largest absolute Gasteiger partial charge is 0.450 e. The Kier molecular flexibility index (Phi) is 7.57. The van der Waals surface area contributed by atoms with Gasteiger partial charge in [0.05, 0.1) is 13.2 Å². The minimum absolute atomic E-state index is 0.0939. The van der Waals surface area contributed by atoms with E-state index in [0.29, 0.717) is 19.2 Å². The second-order valence-electron chi connectivity index (χ2n) is 6.98. The van der Waals surface area contributed by atoms with E-state index in [-0.39, 0.29) is 17.9 Å². The predicted octanol–water partition coefficient (Wildman–Crippen LogP) is 1.80. The highest BCUT2D eigenvalue weighted by molar-refractivity contribution is 5.79. The van der Waals surface area contributed by atoms with E-state index in [2.05, 4.69) is 10.8 Å². The number of piperidine rings is 1. The molecule has 0 saturated carbocycles. The van der Waals surface area contributed by atoms with E-state index in [4.69, 9.17) is 11.2 Å². The lowest BCUT2D eigenvalue weighted by Crippen LogP contribution is -2.45. The molecular weight excluding hydrogens is 318 g/mol. The maximum atomic E-state index is 12.4. The van der Waals surface area contributed by atoms with Crippen LogP contribution in [0.15, 0.2) is 0 Å². The van der Waals surface area contributed by atoms with Gasteiger partial charge in [-0.1, -0.05) is 5.92 Å². The molecule has 0 bridgehead atoms. The van der Waals surface area contributed by atoms with Gasteiger partial charge in [0.15, 0.2) is 0 Å². The Labute approximate surface area is 151 Å². The van der Waals surface area contributed by atoms with Crippen LogP contribution in [0.1, 0.15) is 39.0 Å². The van der Waals surface area contributed by atoms with Crippen molar-refractivity contribution in [2.24, 2.45) is 5.92 Å². The number of hydrogen-bond donors (Lipinski definition) is 0. The summed E-state index contributed by atoms with van der Waals surface area (Å²) in [5.41, 5.74) is 0. The summed E-state index contributed by atoms with van der Waals surface area (Å²) in [4.78, 5) is 30.2. The normalized spacial score (nSPS) is 22.8. The smallest absolute Gasteiger partial charge is 0.409 e. The maximum absolute atomic E-state index is 12.4. The number of ether oxygens (including phenoxy) is 1. The van der Waals surface area contributed by atoms with Gasteiger partial charge in [-0.2, -0.15) is 0 Å². The third kappa shape index (κ3) is 5.37. The fraction of sp³-hybridized carbons (Fsp3) is 0.789. The molecule has 0 aliphatic carbocycles. The van der Waals surface area contributed by atoms with Crippen molar-refractivity contribution in [1.82, 2.24) is 14.7 Å². The van der Waals surface area contributed by atoms with Gasteiger partial charge < -0.3 is 19.4 Å². The summed E-state index contributed by atoms with van der Waals surface area (Å²) < 4.78 is 5.12. The molecule has 1 atom stereocenters. The standard InChI is InChI=1S/C19H31N3O3/c1-4-11-20(3)18(23)16-8-13-21(14-9-16)17-7-6-12-22(15-10-17)19(24)25-5-2/h1,16-17H,5-15H2,2-3H3. The van der Waals surface area contributed by atoms with Gasteiger partial charge in [0.2, 0.25) is 5.91 Å². The lowest BCUT2D eigenvalue weighted by atomic mass is 9.93. The lowest BCUT2D eigenvalue weighted by molar-refractivity contribution is -0.135. The molecule has 0 aromatic rings. The van der Waals surface area contributed by atoms with Gasteiger partial charge in [-0.05, 0) is 52.1 Å². The van der Waals surface area contributed by atoms with Crippen LogP contribution in [-0.4, -0.2) is 79.1 Å². The quantitative estimate of drug-likeness (QED) is 0.726. The molecule has 2 amide bonds. The molecule has 0 aromatic heterocycles. The van der Waals surface area contributed by atoms with Crippen LogP contribution in [0.2, 0.25) is 0 Å². The molecule has 2 fully saturated rings. The molecule has 6 nitrogen and oxygen atoms in total. The Morgan fingerprint density at radius 2 is 1.88 bits per heavy atom. The summed E-state index contributed by atoms with van der Waals surface area (Å²) in [7, 11) is 1.78. The van der Waals surface area contributed by atoms with Gasteiger partial charge in [-0.25, -0.2) is 4.79 Å². The van der Waals surface area contributed by atoms with E-state index < -0.39 is 0 Å². The van der Waals surface area contributed by atoms with Crippen molar-refractivity contribution in [1.29, 1.82) is 0 Å². The van der Waals surface area contributed by atoms with E-state index in [0.717, 1.165) is 58.3 Å². The minimum atomic E-state index is -0.191. The second-order valence-corrected chi connectivity index (χ2v) is 6.98. The van der Waals surface area contributed by atoms with Gasteiger partial charge >= 0.3 is 6.09 Å². The van der Waals surface area contributed by atoms with Crippen molar-refractivity contribution in [3.63, 3.8) is 0 Å². The number of carbonyl (C=O) groups excluding carboxylic acids is 2. The van der Waals surface area contributed by atoms with Gasteiger partial charge in [0, 0.05) is 32.1 Å². The van der Waals surface area contributed by atoms with Crippen molar-refractivity contribution in [2.75, 3.05) is 46.4 Å². The highest BCUT2D eigenvalue weighted by atomic mass is 16.6. The Bertz CT molecular complexity index is 495. The zero-order valence-electron chi connectivity index (χ0n) is 15.6. The SMILES string of the molecule is C#CCN(C)C(=O)C1CCN(C2CCCN(C(=O)OCC)CC2)CC1. The van der Waals surface area contributed by atoms with Crippen molar-refractivity contribution >= 4 is 12.0 Å². The number of terminal acetylenes is 1. The lowest BCUT2D eigenvalue weighted by Gasteiger charge is -2.37.